The van der Waals surface area contributed by atoms with Gasteiger partial charge in [0.15, 0.2) is 0 Å². The van der Waals surface area contributed by atoms with E-state index < -0.39 is 0 Å². The largest absolute Gasteiger partial charge is 0.461 e. The normalized spacial score (nSPS) is 17.1. The summed E-state index contributed by atoms with van der Waals surface area (Å²) in [6.45, 7) is 6.41. The molecule has 1 aliphatic rings. The molecular formula is C27H39N3O2. The van der Waals surface area contributed by atoms with Gasteiger partial charge in [0.25, 0.3) is 0 Å². The number of rotatable bonds is 12. The molecule has 0 radical (unpaired) electrons. The second kappa shape index (κ2) is 13.3. The molecule has 3 rings (SSSR count). The molecule has 3 heterocycles. The third-order valence-electron chi connectivity index (χ3n) is 6.20. The van der Waals surface area contributed by atoms with Crippen molar-refractivity contribution in [2.45, 2.75) is 83.8 Å². The van der Waals surface area contributed by atoms with Crippen molar-refractivity contribution in [1.29, 1.82) is 0 Å². The van der Waals surface area contributed by atoms with Gasteiger partial charge >= 0.3 is 5.97 Å². The molecule has 1 atom stereocenters. The SMILES string of the molecule is CC(C)CN1CCCC[C@H]1C(=O)OC(CCCc1cccnc1)CCCc1cccnc1. The van der Waals surface area contributed by atoms with E-state index in [1.165, 1.54) is 17.5 Å². The lowest BCUT2D eigenvalue weighted by Gasteiger charge is -2.36. The molecule has 2 aromatic heterocycles. The average Bonchev–Trinajstić information content (AvgIpc) is 2.80. The molecular weight excluding hydrogens is 398 g/mol. The first-order valence-corrected chi connectivity index (χ1v) is 12.3. The Balaban J connectivity index is 1.55. The van der Waals surface area contributed by atoms with Gasteiger partial charge in [0, 0.05) is 31.3 Å². The quantitative estimate of drug-likeness (QED) is 0.425. The second-order valence-electron chi connectivity index (χ2n) is 9.47. The molecule has 2 aromatic rings. The third kappa shape index (κ3) is 8.34. The second-order valence-corrected chi connectivity index (χ2v) is 9.47. The molecule has 0 amide bonds. The van der Waals surface area contributed by atoms with Gasteiger partial charge in [0.1, 0.15) is 12.1 Å². The summed E-state index contributed by atoms with van der Waals surface area (Å²) in [4.78, 5) is 23.9. The number of esters is 1. The maximum atomic E-state index is 13.2. The molecule has 5 heteroatoms. The van der Waals surface area contributed by atoms with Crippen LogP contribution in [0.1, 0.15) is 69.9 Å². The predicted octanol–water partition coefficient (Wildman–Crippen LogP) is 5.24. The van der Waals surface area contributed by atoms with Crippen LogP contribution >= 0.6 is 0 Å². The van der Waals surface area contributed by atoms with Gasteiger partial charge in [-0.05, 0) is 87.1 Å². The van der Waals surface area contributed by atoms with Crippen LogP contribution in [0, 0.1) is 5.92 Å². The maximum Gasteiger partial charge on any atom is 0.323 e. The number of aryl methyl sites for hydroxylation is 2. The summed E-state index contributed by atoms with van der Waals surface area (Å²) in [5, 5.41) is 0. The van der Waals surface area contributed by atoms with E-state index in [9.17, 15) is 4.79 Å². The lowest BCUT2D eigenvalue weighted by molar-refractivity contribution is -0.158. The molecule has 0 saturated carbocycles. The first-order valence-electron chi connectivity index (χ1n) is 12.3. The maximum absolute atomic E-state index is 13.2. The highest BCUT2D eigenvalue weighted by Crippen LogP contribution is 2.22. The molecule has 0 unspecified atom stereocenters. The molecule has 0 N–H and O–H groups in total. The Kier molecular flexibility index (Phi) is 10.1. The summed E-state index contributed by atoms with van der Waals surface area (Å²) < 4.78 is 6.17. The minimum Gasteiger partial charge on any atom is -0.461 e. The van der Waals surface area contributed by atoms with Crippen molar-refractivity contribution in [3.63, 3.8) is 0 Å². The van der Waals surface area contributed by atoms with Crippen molar-refractivity contribution < 1.29 is 9.53 Å². The van der Waals surface area contributed by atoms with Crippen molar-refractivity contribution in [3.05, 3.63) is 60.2 Å². The Bertz CT molecular complexity index is 737. The molecule has 0 bridgehead atoms. The van der Waals surface area contributed by atoms with Gasteiger partial charge in [-0.25, -0.2) is 0 Å². The van der Waals surface area contributed by atoms with Crippen LogP contribution in [0.4, 0.5) is 0 Å². The Labute approximate surface area is 193 Å². The van der Waals surface area contributed by atoms with Gasteiger partial charge in [-0.15, -0.1) is 0 Å². The van der Waals surface area contributed by atoms with Gasteiger partial charge < -0.3 is 4.74 Å². The van der Waals surface area contributed by atoms with Crippen LogP contribution < -0.4 is 0 Å². The number of hydrogen-bond donors (Lipinski definition) is 0. The molecule has 0 spiro atoms. The topological polar surface area (TPSA) is 55.3 Å². The minimum absolute atomic E-state index is 0.0156. The van der Waals surface area contributed by atoms with E-state index in [0.717, 1.165) is 64.5 Å². The van der Waals surface area contributed by atoms with Crippen LogP contribution in [0.3, 0.4) is 0 Å². The molecule has 1 aliphatic heterocycles. The van der Waals surface area contributed by atoms with Gasteiger partial charge in [-0.2, -0.15) is 0 Å². The third-order valence-corrected chi connectivity index (χ3v) is 6.20. The first-order chi connectivity index (χ1) is 15.6. The fraction of sp³-hybridized carbons (Fsp3) is 0.593. The summed E-state index contributed by atoms with van der Waals surface area (Å²) >= 11 is 0. The number of carbonyl (C=O) groups excluding carboxylic acids is 1. The van der Waals surface area contributed by atoms with E-state index in [0.29, 0.717) is 5.92 Å². The zero-order valence-electron chi connectivity index (χ0n) is 19.8. The van der Waals surface area contributed by atoms with Crippen LogP contribution in [0.5, 0.6) is 0 Å². The van der Waals surface area contributed by atoms with Crippen LogP contribution in [-0.4, -0.2) is 46.1 Å². The number of pyridine rings is 2. The van der Waals surface area contributed by atoms with E-state index in [-0.39, 0.29) is 18.1 Å². The van der Waals surface area contributed by atoms with E-state index in [2.05, 4.69) is 40.8 Å². The van der Waals surface area contributed by atoms with Crippen molar-refractivity contribution in [3.8, 4) is 0 Å². The van der Waals surface area contributed by atoms with E-state index in [4.69, 9.17) is 4.74 Å². The molecule has 174 valence electrons. The van der Waals surface area contributed by atoms with E-state index >= 15 is 0 Å². The van der Waals surface area contributed by atoms with E-state index in [1.807, 2.05) is 24.5 Å². The number of likely N-dealkylation sites (tertiary alicyclic amines) is 1. The highest BCUT2D eigenvalue weighted by atomic mass is 16.5. The van der Waals surface area contributed by atoms with Gasteiger partial charge in [0.2, 0.25) is 0 Å². The number of carbonyl (C=O) groups is 1. The van der Waals surface area contributed by atoms with Gasteiger partial charge in [-0.1, -0.05) is 32.4 Å². The van der Waals surface area contributed by atoms with Crippen LogP contribution in [0.25, 0.3) is 0 Å². The molecule has 1 fully saturated rings. The smallest absolute Gasteiger partial charge is 0.323 e. The molecule has 32 heavy (non-hydrogen) atoms. The Morgan fingerprint density at radius 2 is 1.66 bits per heavy atom. The molecule has 5 nitrogen and oxygen atoms in total. The Hall–Kier alpha value is -2.27. The Morgan fingerprint density at radius 1 is 1.03 bits per heavy atom. The van der Waals surface area contributed by atoms with Crippen LogP contribution in [0.2, 0.25) is 0 Å². The highest BCUT2D eigenvalue weighted by molar-refractivity contribution is 5.76. The number of piperidine rings is 1. The number of ether oxygens (including phenoxy) is 1. The van der Waals surface area contributed by atoms with Crippen LogP contribution in [0.15, 0.2) is 49.1 Å². The monoisotopic (exact) mass is 437 g/mol. The van der Waals surface area contributed by atoms with E-state index in [1.54, 1.807) is 12.4 Å². The summed E-state index contributed by atoms with van der Waals surface area (Å²) in [7, 11) is 0. The predicted molar refractivity (Wildman–Crippen MR) is 128 cm³/mol. The fourth-order valence-corrected chi connectivity index (χ4v) is 4.61. The highest BCUT2D eigenvalue weighted by Gasteiger charge is 2.31. The molecule has 0 aliphatic carbocycles. The summed E-state index contributed by atoms with van der Waals surface area (Å²) in [6.07, 6.45) is 16.4. The summed E-state index contributed by atoms with van der Waals surface area (Å²) in [5.41, 5.74) is 2.48. The summed E-state index contributed by atoms with van der Waals surface area (Å²) in [5.74, 6) is 0.538. The zero-order valence-corrected chi connectivity index (χ0v) is 19.8. The number of hydrogen-bond acceptors (Lipinski definition) is 5. The Morgan fingerprint density at radius 3 is 2.19 bits per heavy atom. The number of nitrogens with zero attached hydrogens (tertiary/aromatic N) is 3. The first kappa shape index (κ1) is 24.4. The fourth-order valence-electron chi connectivity index (χ4n) is 4.61. The lowest BCUT2D eigenvalue weighted by atomic mass is 9.99. The standard InChI is InChI=1S/C27H39N3O2/c1-22(2)21-30-18-4-3-15-26(30)27(31)32-25(13-5-9-23-11-7-16-28-19-23)14-6-10-24-12-8-17-29-20-24/h7-8,11-12,16-17,19-20,22,25-26H,3-6,9-10,13-15,18,21H2,1-2H3/t26-/m0/s1. The molecule has 0 aromatic carbocycles. The van der Waals surface area contributed by atoms with Crippen LogP contribution in [-0.2, 0) is 22.4 Å². The van der Waals surface area contributed by atoms with Gasteiger partial charge in [-0.3, -0.25) is 19.7 Å². The van der Waals surface area contributed by atoms with Crippen molar-refractivity contribution in [1.82, 2.24) is 14.9 Å². The van der Waals surface area contributed by atoms with Crippen molar-refractivity contribution in [2.75, 3.05) is 13.1 Å². The summed E-state index contributed by atoms with van der Waals surface area (Å²) in [6, 6.07) is 8.11. The van der Waals surface area contributed by atoms with Crippen molar-refractivity contribution >= 4 is 5.97 Å². The number of aromatic nitrogens is 2. The minimum atomic E-state index is -0.0784. The average molecular weight is 438 g/mol. The zero-order chi connectivity index (χ0) is 22.6. The van der Waals surface area contributed by atoms with Crippen molar-refractivity contribution in [2.24, 2.45) is 5.92 Å². The lowest BCUT2D eigenvalue weighted by Crippen LogP contribution is -2.47. The molecule has 1 saturated heterocycles. The van der Waals surface area contributed by atoms with Gasteiger partial charge in [0.05, 0.1) is 0 Å².